The van der Waals surface area contributed by atoms with Crippen molar-refractivity contribution in [3.63, 3.8) is 0 Å². The number of pyridine rings is 1. The molecule has 0 aliphatic heterocycles. The second kappa shape index (κ2) is 8.86. The number of benzene rings is 2. The zero-order valence-corrected chi connectivity index (χ0v) is 17.5. The second-order valence-corrected chi connectivity index (χ2v) is 8.46. The Balaban J connectivity index is 1.31. The first kappa shape index (κ1) is 19.7. The number of hydrogen-bond acceptors (Lipinski definition) is 5. The fraction of sp³-hybridized carbons (Fsp3) is 0.320. The van der Waals surface area contributed by atoms with Crippen LogP contribution in [0.5, 0.6) is 0 Å². The van der Waals surface area contributed by atoms with Gasteiger partial charge in [0.1, 0.15) is 11.3 Å². The largest absolute Gasteiger partial charge is 0.384 e. The molecule has 6 nitrogen and oxygen atoms in total. The van der Waals surface area contributed by atoms with Crippen molar-refractivity contribution in [2.45, 2.75) is 43.6 Å². The quantitative estimate of drug-likeness (QED) is 0.419. The zero-order valence-electron chi connectivity index (χ0n) is 17.5. The van der Waals surface area contributed by atoms with E-state index in [0.29, 0.717) is 23.4 Å². The second-order valence-electron chi connectivity index (χ2n) is 8.46. The Labute approximate surface area is 182 Å². The Bertz CT molecular complexity index is 1120. The Hall–Kier alpha value is -3.25. The van der Waals surface area contributed by atoms with Crippen LogP contribution in [0.25, 0.3) is 11.2 Å². The normalized spacial score (nSPS) is 19.6. The number of aromatic amines is 1. The van der Waals surface area contributed by atoms with Crippen LogP contribution in [0.15, 0.2) is 66.7 Å². The molecule has 0 spiro atoms. The summed E-state index contributed by atoms with van der Waals surface area (Å²) in [6.45, 7) is 0.938. The Kier molecular flexibility index (Phi) is 5.63. The molecule has 5 rings (SSSR count). The van der Waals surface area contributed by atoms with Crippen LogP contribution in [0.4, 0.5) is 5.82 Å². The van der Waals surface area contributed by atoms with Crippen molar-refractivity contribution in [2.75, 3.05) is 12.3 Å². The molecule has 1 unspecified atom stereocenters. The topological polar surface area (TPSA) is 92.5 Å². The molecule has 1 saturated carbocycles. The minimum atomic E-state index is 0.179. The number of nitrogens with one attached hydrogen (secondary N) is 2. The van der Waals surface area contributed by atoms with E-state index in [0.717, 1.165) is 24.0 Å². The molecular weight excluding hydrogens is 384 g/mol. The highest BCUT2D eigenvalue weighted by Gasteiger charge is 2.26. The van der Waals surface area contributed by atoms with Gasteiger partial charge >= 0.3 is 0 Å². The van der Waals surface area contributed by atoms with E-state index in [1.165, 1.54) is 30.4 Å². The van der Waals surface area contributed by atoms with Crippen LogP contribution in [0.3, 0.4) is 0 Å². The van der Waals surface area contributed by atoms with E-state index in [-0.39, 0.29) is 5.92 Å². The monoisotopic (exact) mass is 412 g/mol. The molecule has 6 heteroatoms. The lowest BCUT2D eigenvalue weighted by Gasteiger charge is -2.20. The molecule has 31 heavy (non-hydrogen) atoms. The van der Waals surface area contributed by atoms with Gasteiger partial charge in [-0.25, -0.2) is 4.98 Å². The third kappa shape index (κ3) is 4.30. The molecule has 2 heterocycles. The lowest BCUT2D eigenvalue weighted by molar-refractivity contribution is 0.498. The molecule has 4 aromatic rings. The molecule has 1 fully saturated rings. The highest BCUT2D eigenvalue weighted by molar-refractivity contribution is 5.77. The lowest BCUT2D eigenvalue weighted by Crippen LogP contribution is -2.28. The van der Waals surface area contributed by atoms with E-state index < -0.39 is 0 Å². The van der Waals surface area contributed by atoms with Gasteiger partial charge in [0, 0.05) is 12.0 Å². The average Bonchev–Trinajstić information content (AvgIpc) is 3.47. The van der Waals surface area contributed by atoms with Crippen LogP contribution in [-0.2, 0) is 0 Å². The van der Waals surface area contributed by atoms with Crippen molar-refractivity contribution < 1.29 is 0 Å². The van der Waals surface area contributed by atoms with E-state index in [1.807, 2.05) is 12.1 Å². The fourth-order valence-electron chi connectivity index (χ4n) is 4.96. The summed E-state index contributed by atoms with van der Waals surface area (Å²) in [5.74, 6) is 1.32. The van der Waals surface area contributed by atoms with Gasteiger partial charge in [-0.1, -0.05) is 60.7 Å². The maximum absolute atomic E-state index is 6.09. The minimum Gasteiger partial charge on any atom is -0.384 e. The van der Waals surface area contributed by atoms with Gasteiger partial charge in [-0.3, -0.25) is 0 Å². The zero-order chi connectivity index (χ0) is 21.0. The number of H-pyrrole nitrogens is 1. The lowest BCUT2D eigenvalue weighted by atomic mass is 9.88. The van der Waals surface area contributed by atoms with Crippen molar-refractivity contribution in [1.29, 1.82) is 0 Å². The Morgan fingerprint density at radius 1 is 1.00 bits per heavy atom. The summed E-state index contributed by atoms with van der Waals surface area (Å²) in [7, 11) is 0. The van der Waals surface area contributed by atoms with E-state index in [4.69, 9.17) is 5.73 Å². The van der Waals surface area contributed by atoms with Crippen LogP contribution in [0.1, 0.15) is 54.2 Å². The van der Waals surface area contributed by atoms with Crippen LogP contribution in [0.2, 0.25) is 0 Å². The van der Waals surface area contributed by atoms with Crippen LogP contribution in [0, 0.1) is 0 Å². The summed E-state index contributed by atoms with van der Waals surface area (Å²) >= 11 is 0. The van der Waals surface area contributed by atoms with Crippen LogP contribution < -0.4 is 11.1 Å². The molecule has 2 aromatic carbocycles. The first-order chi connectivity index (χ1) is 15.3. The first-order valence-corrected chi connectivity index (χ1v) is 11.1. The van der Waals surface area contributed by atoms with Gasteiger partial charge in [0.05, 0.1) is 0 Å². The van der Waals surface area contributed by atoms with E-state index in [1.54, 1.807) is 0 Å². The van der Waals surface area contributed by atoms with Gasteiger partial charge in [-0.05, 0) is 60.9 Å². The number of anilines is 1. The van der Waals surface area contributed by atoms with E-state index in [2.05, 4.69) is 80.3 Å². The maximum atomic E-state index is 6.09. The molecule has 2 aromatic heterocycles. The van der Waals surface area contributed by atoms with E-state index in [9.17, 15) is 0 Å². The highest BCUT2D eigenvalue weighted by atomic mass is 15.3. The number of hydrogen-bond donors (Lipinski definition) is 3. The number of nitrogens with two attached hydrogens (primary N) is 1. The van der Waals surface area contributed by atoms with Crippen LogP contribution >= 0.6 is 0 Å². The van der Waals surface area contributed by atoms with Crippen molar-refractivity contribution >= 4 is 17.0 Å². The predicted molar refractivity (Wildman–Crippen MR) is 124 cm³/mol. The molecule has 0 radical (unpaired) electrons. The molecule has 0 amide bonds. The summed E-state index contributed by atoms with van der Waals surface area (Å²) in [5, 5.41) is 15.0. The summed E-state index contributed by atoms with van der Waals surface area (Å²) in [4.78, 5) is 4.31. The molecule has 158 valence electrons. The van der Waals surface area contributed by atoms with Gasteiger partial charge in [0.15, 0.2) is 0 Å². The number of rotatable bonds is 7. The SMILES string of the molecule is Nc1cc(C(CCN[C@H]2CC[C@H](c3ccccc3)C2)c2ccccc2)c2n[nH]nc2n1. The standard InChI is InChI=1S/C25H28N6/c26-23-16-22(24-25(28-23)30-31-29-24)21(18-9-5-2-6-10-18)13-14-27-20-12-11-19(15-20)17-7-3-1-4-8-17/h1-10,16,19-21,27H,11-15H2,(H3,26,28,29,30,31)/t19-,20-,21?/m0/s1. The van der Waals surface area contributed by atoms with E-state index >= 15 is 0 Å². The summed E-state index contributed by atoms with van der Waals surface area (Å²) < 4.78 is 0. The van der Waals surface area contributed by atoms with Crippen molar-refractivity contribution in [3.05, 3.63) is 83.4 Å². The summed E-state index contributed by atoms with van der Waals surface area (Å²) in [6.07, 6.45) is 4.65. The molecule has 4 N–H and O–H groups in total. The number of aromatic nitrogens is 4. The van der Waals surface area contributed by atoms with Gasteiger partial charge in [-0.2, -0.15) is 10.3 Å². The third-order valence-corrected chi connectivity index (χ3v) is 6.49. The summed E-state index contributed by atoms with van der Waals surface area (Å²) in [5.41, 5.74) is 11.3. The summed E-state index contributed by atoms with van der Waals surface area (Å²) in [6, 6.07) is 24.0. The minimum absolute atomic E-state index is 0.179. The maximum Gasteiger partial charge on any atom is 0.203 e. The predicted octanol–water partition coefficient (Wildman–Crippen LogP) is 4.38. The van der Waals surface area contributed by atoms with Gasteiger partial charge in [0.25, 0.3) is 0 Å². The smallest absolute Gasteiger partial charge is 0.203 e. The van der Waals surface area contributed by atoms with Crippen LogP contribution in [-0.4, -0.2) is 33.0 Å². The molecule has 3 atom stereocenters. The Morgan fingerprint density at radius 2 is 1.77 bits per heavy atom. The third-order valence-electron chi connectivity index (χ3n) is 6.49. The first-order valence-electron chi connectivity index (χ1n) is 11.1. The van der Waals surface area contributed by atoms with Crippen molar-refractivity contribution in [2.24, 2.45) is 0 Å². The Morgan fingerprint density at radius 3 is 2.58 bits per heavy atom. The number of nitrogens with zero attached hydrogens (tertiary/aromatic N) is 3. The number of fused-ring (bicyclic) bond motifs is 1. The molecule has 1 aliphatic rings. The van der Waals surface area contributed by atoms with Crippen molar-refractivity contribution in [1.82, 2.24) is 25.7 Å². The average molecular weight is 413 g/mol. The molecular formula is C25H28N6. The van der Waals surface area contributed by atoms with Crippen molar-refractivity contribution in [3.8, 4) is 0 Å². The molecule has 1 aliphatic carbocycles. The molecule has 0 bridgehead atoms. The fourth-order valence-corrected chi connectivity index (χ4v) is 4.96. The van der Waals surface area contributed by atoms with Gasteiger partial charge < -0.3 is 11.1 Å². The van der Waals surface area contributed by atoms with Gasteiger partial charge in [0.2, 0.25) is 5.65 Å². The highest BCUT2D eigenvalue weighted by Crippen LogP contribution is 2.35. The molecule has 0 saturated heterocycles. The van der Waals surface area contributed by atoms with Gasteiger partial charge in [-0.15, -0.1) is 5.10 Å². The number of nitrogen functional groups attached to an aromatic ring is 1.